The first kappa shape index (κ1) is 18.3. The Morgan fingerprint density at radius 2 is 2.09 bits per heavy atom. The summed E-state index contributed by atoms with van der Waals surface area (Å²) in [6.07, 6.45) is 1.49. The maximum atomic E-state index is 11.9. The lowest BCUT2D eigenvalue weighted by Crippen LogP contribution is -2.45. The number of hydrogen-bond donors (Lipinski definition) is 2. The number of carbonyl (C=O) groups is 2. The summed E-state index contributed by atoms with van der Waals surface area (Å²) >= 11 is 0. The van der Waals surface area contributed by atoms with Crippen LogP contribution in [-0.2, 0) is 16.1 Å². The molecule has 0 bridgehead atoms. The fourth-order valence-corrected chi connectivity index (χ4v) is 1.95. The molecule has 9 nitrogen and oxygen atoms in total. The Labute approximate surface area is 132 Å². The number of nitrogens with zero attached hydrogens (tertiary/aromatic N) is 2. The largest absolute Gasteiger partial charge is 0.480 e. The maximum Gasteiger partial charge on any atom is 0.326 e. The third-order valence-corrected chi connectivity index (χ3v) is 3.55. The first-order chi connectivity index (χ1) is 10.8. The van der Waals surface area contributed by atoms with E-state index in [1.54, 1.807) is 6.92 Å². The van der Waals surface area contributed by atoms with E-state index in [-0.39, 0.29) is 24.6 Å². The summed E-state index contributed by atoms with van der Waals surface area (Å²) in [4.78, 5) is 44.6. The van der Waals surface area contributed by atoms with Crippen LogP contribution in [0.3, 0.4) is 0 Å². The number of aliphatic carboxylic acids is 1. The molecule has 126 valence electrons. The Morgan fingerprint density at radius 3 is 2.61 bits per heavy atom. The second-order valence-corrected chi connectivity index (χ2v) is 5.19. The van der Waals surface area contributed by atoms with Gasteiger partial charge in [-0.25, -0.2) is 4.79 Å². The van der Waals surface area contributed by atoms with Crippen molar-refractivity contribution in [1.29, 1.82) is 0 Å². The van der Waals surface area contributed by atoms with Crippen LogP contribution in [0.5, 0.6) is 0 Å². The van der Waals surface area contributed by atoms with E-state index < -0.39 is 28.4 Å². The van der Waals surface area contributed by atoms with Crippen molar-refractivity contribution >= 4 is 17.6 Å². The Bertz CT molecular complexity index is 654. The molecule has 0 radical (unpaired) electrons. The number of carbonyl (C=O) groups excluding carboxylic acids is 1. The van der Waals surface area contributed by atoms with Gasteiger partial charge in [0.1, 0.15) is 6.04 Å². The summed E-state index contributed by atoms with van der Waals surface area (Å²) in [5.74, 6) is -1.90. The van der Waals surface area contributed by atoms with E-state index >= 15 is 0 Å². The Hall–Kier alpha value is -2.71. The molecule has 23 heavy (non-hydrogen) atoms. The monoisotopic (exact) mass is 325 g/mol. The Balaban J connectivity index is 2.72. The summed E-state index contributed by atoms with van der Waals surface area (Å²) in [5, 5.41) is 22.2. The van der Waals surface area contributed by atoms with Crippen molar-refractivity contribution in [1.82, 2.24) is 9.88 Å². The van der Waals surface area contributed by atoms with Gasteiger partial charge in [-0.05, 0) is 5.92 Å². The molecule has 2 N–H and O–H groups in total. The highest BCUT2D eigenvalue weighted by molar-refractivity contribution is 5.83. The van der Waals surface area contributed by atoms with Crippen molar-refractivity contribution in [2.45, 2.75) is 39.3 Å². The first-order valence-corrected chi connectivity index (χ1v) is 7.13. The number of carboxylic acid groups (broad SMARTS) is 1. The van der Waals surface area contributed by atoms with Crippen molar-refractivity contribution in [2.75, 3.05) is 0 Å². The SMILES string of the molecule is CCC(C)C(NC(=O)CCn1cc([N+](=O)[O-])ccc1=O)C(=O)O. The Kier molecular flexibility index (Phi) is 6.43. The predicted molar refractivity (Wildman–Crippen MR) is 81.0 cm³/mol. The minimum Gasteiger partial charge on any atom is -0.480 e. The number of amides is 1. The van der Waals surface area contributed by atoms with E-state index in [0.29, 0.717) is 6.42 Å². The molecule has 0 saturated heterocycles. The highest BCUT2D eigenvalue weighted by atomic mass is 16.6. The molecule has 2 atom stereocenters. The summed E-state index contributed by atoms with van der Waals surface area (Å²) < 4.78 is 1.05. The first-order valence-electron chi connectivity index (χ1n) is 7.13. The van der Waals surface area contributed by atoms with Crippen LogP contribution in [0, 0.1) is 16.0 Å². The molecule has 9 heteroatoms. The van der Waals surface area contributed by atoms with E-state index in [1.165, 1.54) is 0 Å². The molecule has 0 saturated carbocycles. The molecular formula is C14H19N3O6. The molecule has 0 aliphatic carbocycles. The summed E-state index contributed by atoms with van der Waals surface area (Å²) in [5.41, 5.74) is -0.729. The van der Waals surface area contributed by atoms with Gasteiger partial charge in [0.15, 0.2) is 0 Å². The van der Waals surface area contributed by atoms with Gasteiger partial charge in [-0.2, -0.15) is 0 Å². The van der Waals surface area contributed by atoms with Gasteiger partial charge in [-0.15, -0.1) is 0 Å². The zero-order chi connectivity index (χ0) is 17.6. The molecule has 0 aromatic carbocycles. The summed E-state index contributed by atoms with van der Waals surface area (Å²) in [6.45, 7) is 3.46. The molecule has 0 aliphatic heterocycles. The summed E-state index contributed by atoms with van der Waals surface area (Å²) in [6, 6.07) is 1.13. The van der Waals surface area contributed by atoms with Crippen LogP contribution in [0.1, 0.15) is 26.7 Å². The number of nitrogens with one attached hydrogen (secondary N) is 1. The van der Waals surface area contributed by atoms with Gasteiger partial charge in [0, 0.05) is 25.1 Å². The van der Waals surface area contributed by atoms with Gasteiger partial charge < -0.3 is 15.0 Å². The van der Waals surface area contributed by atoms with Crippen molar-refractivity contribution in [3.05, 3.63) is 38.8 Å². The van der Waals surface area contributed by atoms with E-state index in [9.17, 15) is 24.5 Å². The molecule has 1 heterocycles. The standard InChI is InChI=1S/C14H19N3O6/c1-3-9(2)13(14(20)21)15-11(18)6-7-16-8-10(17(22)23)4-5-12(16)19/h4-5,8-9,13H,3,6-7H2,1-2H3,(H,15,18)(H,20,21). The molecule has 1 aromatic heterocycles. The van der Waals surface area contributed by atoms with Crippen LogP contribution in [0.4, 0.5) is 5.69 Å². The molecule has 1 amide bonds. The van der Waals surface area contributed by atoms with Crippen molar-refractivity contribution in [3.8, 4) is 0 Å². The van der Waals surface area contributed by atoms with Crippen molar-refractivity contribution in [2.24, 2.45) is 5.92 Å². The highest BCUT2D eigenvalue weighted by Gasteiger charge is 2.25. The molecular weight excluding hydrogens is 306 g/mol. The third-order valence-electron chi connectivity index (χ3n) is 3.55. The van der Waals surface area contributed by atoms with Crippen LogP contribution in [0.15, 0.2) is 23.1 Å². The molecule has 0 aliphatic rings. The number of hydrogen-bond acceptors (Lipinski definition) is 5. The average Bonchev–Trinajstić information content (AvgIpc) is 2.50. The topological polar surface area (TPSA) is 132 Å². The molecule has 0 spiro atoms. The van der Waals surface area contributed by atoms with Crippen molar-refractivity contribution in [3.63, 3.8) is 0 Å². The lowest BCUT2D eigenvalue weighted by atomic mass is 9.99. The van der Waals surface area contributed by atoms with Crippen LogP contribution in [0.2, 0.25) is 0 Å². The lowest BCUT2D eigenvalue weighted by Gasteiger charge is -2.20. The van der Waals surface area contributed by atoms with Gasteiger partial charge in [-0.1, -0.05) is 20.3 Å². The number of carboxylic acids is 1. The zero-order valence-corrected chi connectivity index (χ0v) is 12.9. The van der Waals surface area contributed by atoms with E-state index in [4.69, 9.17) is 5.11 Å². The highest BCUT2D eigenvalue weighted by Crippen LogP contribution is 2.09. The smallest absolute Gasteiger partial charge is 0.326 e. The van der Waals surface area contributed by atoms with Crippen LogP contribution in [0.25, 0.3) is 0 Å². The summed E-state index contributed by atoms with van der Waals surface area (Å²) in [7, 11) is 0. The fourth-order valence-electron chi connectivity index (χ4n) is 1.95. The van der Waals surface area contributed by atoms with Crippen molar-refractivity contribution < 1.29 is 19.6 Å². The van der Waals surface area contributed by atoms with Gasteiger partial charge in [0.05, 0.1) is 11.1 Å². The van der Waals surface area contributed by atoms with Crippen LogP contribution < -0.4 is 10.9 Å². The minimum absolute atomic E-state index is 0.0702. The maximum absolute atomic E-state index is 11.9. The molecule has 1 aromatic rings. The molecule has 2 unspecified atom stereocenters. The van der Waals surface area contributed by atoms with E-state index in [0.717, 1.165) is 22.9 Å². The van der Waals surface area contributed by atoms with Gasteiger partial charge in [0.2, 0.25) is 5.91 Å². The van der Waals surface area contributed by atoms with Crippen LogP contribution in [-0.4, -0.2) is 32.5 Å². The zero-order valence-electron chi connectivity index (χ0n) is 12.9. The number of nitro groups is 1. The Morgan fingerprint density at radius 1 is 1.43 bits per heavy atom. The minimum atomic E-state index is -1.12. The molecule has 1 rings (SSSR count). The second kappa shape index (κ2) is 8.06. The predicted octanol–water partition coefficient (Wildman–Crippen LogP) is 0.762. The normalized spacial score (nSPS) is 13.1. The van der Waals surface area contributed by atoms with E-state index in [1.807, 2.05) is 6.92 Å². The average molecular weight is 325 g/mol. The van der Waals surface area contributed by atoms with E-state index in [2.05, 4.69) is 5.32 Å². The van der Waals surface area contributed by atoms with Gasteiger partial charge >= 0.3 is 5.97 Å². The quantitative estimate of drug-likeness (QED) is 0.536. The van der Waals surface area contributed by atoms with Gasteiger partial charge in [0.25, 0.3) is 11.2 Å². The van der Waals surface area contributed by atoms with Gasteiger partial charge in [-0.3, -0.25) is 19.7 Å². The second-order valence-electron chi connectivity index (χ2n) is 5.19. The lowest BCUT2D eigenvalue weighted by molar-refractivity contribution is -0.385. The third kappa shape index (κ3) is 5.20. The number of aromatic nitrogens is 1. The van der Waals surface area contributed by atoms with Crippen LogP contribution >= 0.6 is 0 Å². The number of pyridine rings is 1. The fraction of sp³-hybridized carbons (Fsp3) is 0.500. The number of aryl methyl sites for hydroxylation is 1. The molecule has 0 fully saturated rings. The number of rotatable bonds is 8.